The van der Waals surface area contributed by atoms with Crippen LogP contribution in [0.4, 0.5) is 9.59 Å². The summed E-state index contributed by atoms with van der Waals surface area (Å²) in [6.45, 7) is 5.77. The topological polar surface area (TPSA) is 71.1 Å². The molecule has 0 radical (unpaired) electrons. The quantitative estimate of drug-likeness (QED) is 0.644. The summed E-state index contributed by atoms with van der Waals surface area (Å²) < 4.78 is 19.0. The van der Waals surface area contributed by atoms with E-state index in [0.29, 0.717) is 6.42 Å². The van der Waals surface area contributed by atoms with E-state index in [2.05, 4.69) is 9.47 Å². The van der Waals surface area contributed by atoms with Gasteiger partial charge in [0.2, 0.25) is 0 Å². The molecule has 0 saturated carbocycles. The molecule has 0 fully saturated rings. The fourth-order valence-electron chi connectivity index (χ4n) is 1.11. The van der Waals surface area contributed by atoms with Gasteiger partial charge in [-0.3, -0.25) is 0 Å². The lowest BCUT2D eigenvalue weighted by molar-refractivity contribution is -0.0173. The van der Waals surface area contributed by atoms with E-state index in [-0.39, 0.29) is 19.8 Å². The van der Waals surface area contributed by atoms with E-state index in [9.17, 15) is 9.59 Å². The molecule has 0 aromatic rings. The first-order valence-corrected chi connectivity index (χ1v) is 5.76. The molecular formula is C11H20O6. The van der Waals surface area contributed by atoms with Crippen molar-refractivity contribution < 1.29 is 28.5 Å². The zero-order valence-electron chi connectivity index (χ0n) is 10.6. The van der Waals surface area contributed by atoms with Crippen molar-refractivity contribution >= 4 is 12.3 Å². The highest BCUT2D eigenvalue weighted by Gasteiger charge is 2.17. The summed E-state index contributed by atoms with van der Waals surface area (Å²) >= 11 is 0. The molecule has 0 saturated heterocycles. The lowest BCUT2D eigenvalue weighted by atomic mass is 10.2. The van der Waals surface area contributed by atoms with Gasteiger partial charge in [0, 0.05) is 0 Å². The normalized spacial score (nSPS) is 11.5. The highest BCUT2D eigenvalue weighted by molar-refractivity contribution is 5.61. The number of rotatable bonds is 7. The summed E-state index contributed by atoms with van der Waals surface area (Å²) in [5.41, 5.74) is 0. The maximum absolute atomic E-state index is 11.1. The van der Waals surface area contributed by atoms with Crippen LogP contribution in [0.15, 0.2) is 0 Å². The molecule has 0 aliphatic rings. The van der Waals surface area contributed by atoms with Crippen LogP contribution in [-0.4, -0.2) is 38.2 Å². The minimum atomic E-state index is -0.763. The van der Waals surface area contributed by atoms with Crippen LogP contribution in [0, 0.1) is 0 Å². The van der Waals surface area contributed by atoms with Crippen LogP contribution >= 0.6 is 0 Å². The van der Waals surface area contributed by atoms with Gasteiger partial charge in [0.1, 0.15) is 12.7 Å². The zero-order valence-corrected chi connectivity index (χ0v) is 10.6. The Kier molecular flexibility index (Phi) is 8.91. The molecule has 0 rings (SSSR count). The van der Waals surface area contributed by atoms with E-state index < -0.39 is 18.4 Å². The zero-order chi connectivity index (χ0) is 13.1. The Balaban J connectivity index is 3.96. The molecule has 1 atom stereocenters. The Hall–Kier alpha value is -1.46. The third-order valence-electron chi connectivity index (χ3n) is 1.78. The molecule has 1 unspecified atom stereocenters. The van der Waals surface area contributed by atoms with Crippen LogP contribution < -0.4 is 0 Å². The van der Waals surface area contributed by atoms with E-state index in [1.807, 2.05) is 6.92 Å². The molecule has 6 heteroatoms. The standard InChI is InChI=1S/C11H20O6/c1-4-7-9(17-11(13)15-6-3)8-16-10(12)14-5-2/h9H,4-8H2,1-3H3. The molecule has 0 bridgehead atoms. The van der Waals surface area contributed by atoms with Crippen LogP contribution in [0.25, 0.3) is 0 Å². The van der Waals surface area contributed by atoms with Crippen LogP contribution in [0.2, 0.25) is 0 Å². The summed E-state index contributed by atoms with van der Waals surface area (Å²) in [4.78, 5) is 22.0. The highest BCUT2D eigenvalue weighted by atomic mass is 16.7. The van der Waals surface area contributed by atoms with Gasteiger partial charge in [0.25, 0.3) is 0 Å². The van der Waals surface area contributed by atoms with Crippen molar-refractivity contribution in [3.63, 3.8) is 0 Å². The lowest BCUT2D eigenvalue weighted by Gasteiger charge is -2.16. The van der Waals surface area contributed by atoms with Crippen LogP contribution in [0.3, 0.4) is 0 Å². The molecule has 0 aromatic heterocycles. The molecule has 0 aliphatic carbocycles. The van der Waals surface area contributed by atoms with Gasteiger partial charge in [0.15, 0.2) is 0 Å². The summed E-state index contributed by atoms with van der Waals surface area (Å²) in [6, 6.07) is 0. The smallest absolute Gasteiger partial charge is 0.435 e. The monoisotopic (exact) mass is 248 g/mol. The molecule has 0 aliphatic heterocycles. The molecule has 0 aromatic carbocycles. The van der Waals surface area contributed by atoms with E-state index >= 15 is 0 Å². The Morgan fingerprint density at radius 3 is 2.06 bits per heavy atom. The van der Waals surface area contributed by atoms with Crippen molar-refractivity contribution in [2.24, 2.45) is 0 Å². The number of hydrogen-bond donors (Lipinski definition) is 0. The minimum absolute atomic E-state index is 0.0223. The third-order valence-corrected chi connectivity index (χ3v) is 1.78. The fraction of sp³-hybridized carbons (Fsp3) is 0.818. The predicted octanol–water partition coefficient (Wildman–Crippen LogP) is 2.50. The van der Waals surface area contributed by atoms with Gasteiger partial charge >= 0.3 is 12.3 Å². The second kappa shape index (κ2) is 9.74. The van der Waals surface area contributed by atoms with Crippen molar-refractivity contribution in [1.82, 2.24) is 0 Å². The Labute approximate surface area is 101 Å². The molecule has 0 N–H and O–H groups in total. The first kappa shape index (κ1) is 15.5. The lowest BCUT2D eigenvalue weighted by Crippen LogP contribution is -2.26. The van der Waals surface area contributed by atoms with E-state index in [4.69, 9.17) is 9.47 Å². The van der Waals surface area contributed by atoms with Crippen LogP contribution in [-0.2, 0) is 18.9 Å². The Morgan fingerprint density at radius 2 is 1.53 bits per heavy atom. The Morgan fingerprint density at radius 1 is 0.941 bits per heavy atom. The van der Waals surface area contributed by atoms with Crippen molar-refractivity contribution in [2.75, 3.05) is 19.8 Å². The predicted molar refractivity (Wildman–Crippen MR) is 59.8 cm³/mol. The summed E-state index contributed by atoms with van der Waals surface area (Å²) in [5, 5.41) is 0. The molecule has 100 valence electrons. The average Bonchev–Trinajstić information content (AvgIpc) is 2.27. The number of carbonyl (C=O) groups excluding carboxylic acids is 2. The summed E-state index contributed by atoms with van der Waals surface area (Å²) in [5.74, 6) is 0. The van der Waals surface area contributed by atoms with Gasteiger partial charge in [-0.05, 0) is 20.3 Å². The SMILES string of the molecule is CCCC(COC(=O)OCC)OC(=O)OCC. The van der Waals surface area contributed by atoms with E-state index in [1.165, 1.54) is 0 Å². The van der Waals surface area contributed by atoms with E-state index in [1.54, 1.807) is 13.8 Å². The Bertz CT molecular complexity index is 228. The molecular weight excluding hydrogens is 228 g/mol. The van der Waals surface area contributed by atoms with Gasteiger partial charge in [0.05, 0.1) is 13.2 Å². The highest BCUT2D eigenvalue weighted by Crippen LogP contribution is 2.05. The molecule has 0 heterocycles. The average molecular weight is 248 g/mol. The fourth-order valence-corrected chi connectivity index (χ4v) is 1.11. The molecule has 0 spiro atoms. The maximum atomic E-state index is 11.1. The second-order valence-electron chi connectivity index (χ2n) is 3.21. The first-order valence-electron chi connectivity index (χ1n) is 5.76. The molecule has 17 heavy (non-hydrogen) atoms. The second-order valence-corrected chi connectivity index (χ2v) is 3.21. The maximum Gasteiger partial charge on any atom is 0.508 e. The van der Waals surface area contributed by atoms with Crippen LogP contribution in [0.5, 0.6) is 0 Å². The van der Waals surface area contributed by atoms with Crippen molar-refractivity contribution in [1.29, 1.82) is 0 Å². The molecule has 0 amide bonds. The number of hydrogen-bond acceptors (Lipinski definition) is 6. The molecule has 6 nitrogen and oxygen atoms in total. The summed E-state index contributed by atoms with van der Waals surface area (Å²) in [6.07, 6.45) is -0.614. The van der Waals surface area contributed by atoms with Gasteiger partial charge in [-0.25, -0.2) is 9.59 Å². The van der Waals surface area contributed by atoms with E-state index in [0.717, 1.165) is 6.42 Å². The largest absolute Gasteiger partial charge is 0.508 e. The number of carbonyl (C=O) groups is 2. The van der Waals surface area contributed by atoms with Gasteiger partial charge < -0.3 is 18.9 Å². The van der Waals surface area contributed by atoms with Crippen LogP contribution in [0.1, 0.15) is 33.6 Å². The van der Waals surface area contributed by atoms with Gasteiger partial charge in [-0.2, -0.15) is 0 Å². The van der Waals surface area contributed by atoms with Gasteiger partial charge in [-0.1, -0.05) is 13.3 Å². The van der Waals surface area contributed by atoms with Gasteiger partial charge in [-0.15, -0.1) is 0 Å². The first-order chi connectivity index (χ1) is 8.13. The summed E-state index contributed by atoms with van der Waals surface area (Å²) in [7, 11) is 0. The third kappa shape index (κ3) is 8.36. The van der Waals surface area contributed by atoms with Crippen molar-refractivity contribution in [3.8, 4) is 0 Å². The van der Waals surface area contributed by atoms with Crippen molar-refractivity contribution in [3.05, 3.63) is 0 Å². The number of ether oxygens (including phenoxy) is 4. The minimum Gasteiger partial charge on any atom is -0.435 e. The van der Waals surface area contributed by atoms with Crippen molar-refractivity contribution in [2.45, 2.75) is 39.7 Å².